The van der Waals surface area contributed by atoms with Crippen molar-refractivity contribution >= 4 is 37.6 Å². The van der Waals surface area contributed by atoms with Gasteiger partial charge in [-0.25, -0.2) is 8.42 Å². The Kier molecular flexibility index (Phi) is 4.12. The van der Waals surface area contributed by atoms with Gasteiger partial charge in [-0.3, -0.25) is 0 Å². The number of sulfonamides is 1. The van der Waals surface area contributed by atoms with E-state index in [0.29, 0.717) is 19.0 Å². The van der Waals surface area contributed by atoms with Gasteiger partial charge in [-0.05, 0) is 43.5 Å². The highest BCUT2D eigenvalue weighted by Gasteiger charge is 2.40. The molecular weight excluding hydrogens is 364 g/mol. The molecule has 2 atom stereocenters. The number of piperidine rings is 1. The molecule has 0 unspecified atom stereocenters. The molecule has 4 nitrogen and oxygen atoms in total. The van der Waals surface area contributed by atoms with E-state index in [1.165, 1.54) is 0 Å². The third-order valence-electron chi connectivity index (χ3n) is 4.08. The van der Waals surface area contributed by atoms with Crippen molar-refractivity contribution < 1.29 is 8.42 Å². The van der Waals surface area contributed by atoms with E-state index in [9.17, 15) is 8.42 Å². The number of hydrogen-bond acceptors (Lipinski definition) is 3. The van der Waals surface area contributed by atoms with E-state index in [1.807, 2.05) is 0 Å². The Morgan fingerprint density at radius 3 is 2.85 bits per heavy atom. The van der Waals surface area contributed by atoms with Gasteiger partial charge in [0.2, 0.25) is 10.0 Å². The molecule has 1 aromatic carbocycles. The molecule has 2 fully saturated rings. The van der Waals surface area contributed by atoms with Crippen LogP contribution in [0.4, 0.5) is 0 Å². The van der Waals surface area contributed by atoms with Gasteiger partial charge in [-0.2, -0.15) is 4.31 Å². The topological polar surface area (TPSA) is 49.4 Å². The second kappa shape index (κ2) is 5.57. The molecule has 20 heavy (non-hydrogen) atoms. The minimum absolute atomic E-state index is 0.195. The van der Waals surface area contributed by atoms with Crippen LogP contribution in [0.5, 0.6) is 0 Å². The summed E-state index contributed by atoms with van der Waals surface area (Å²) in [7, 11) is -3.50. The van der Waals surface area contributed by atoms with E-state index in [2.05, 4.69) is 21.2 Å². The summed E-state index contributed by atoms with van der Waals surface area (Å²) in [5.41, 5.74) is 0. The number of hydrogen-bond donors (Lipinski definition) is 1. The number of nitrogens with one attached hydrogen (secondary N) is 1. The fourth-order valence-corrected chi connectivity index (χ4v) is 5.56. The van der Waals surface area contributed by atoms with Gasteiger partial charge < -0.3 is 5.32 Å². The Bertz CT molecular complexity index is 609. The van der Waals surface area contributed by atoms with Crippen LogP contribution < -0.4 is 5.32 Å². The van der Waals surface area contributed by atoms with Gasteiger partial charge in [0.1, 0.15) is 4.90 Å². The fourth-order valence-electron chi connectivity index (χ4n) is 3.03. The maximum absolute atomic E-state index is 12.7. The Labute approximate surface area is 132 Å². The summed E-state index contributed by atoms with van der Waals surface area (Å²) in [6, 6.07) is 5.18. The SMILES string of the molecule is O=S(=O)(c1ccc(Br)cc1Cl)N1C[C@@H]2CCCN[C@@H]2C1. The molecule has 0 radical (unpaired) electrons. The van der Waals surface area contributed by atoms with Crippen molar-refractivity contribution in [1.29, 1.82) is 0 Å². The summed E-state index contributed by atoms with van der Waals surface area (Å²) < 4.78 is 27.8. The molecule has 2 saturated heterocycles. The van der Waals surface area contributed by atoms with Crippen LogP contribution in [0.25, 0.3) is 0 Å². The van der Waals surface area contributed by atoms with E-state index in [0.717, 1.165) is 23.9 Å². The van der Waals surface area contributed by atoms with Crippen LogP contribution in [0.3, 0.4) is 0 Å². The lowest BCUT2D eigenvalue weighted by molar-refractivity contribution is 0.339. The highest BCUT2D eigenvalue weighted by atomic mass is 79.9. The van der Waals surface area contributed by atoms with Gasteiger partial charge in [0.05, 0.1) is 5.02 Å². The van der Waals surface area contributed by atoms with Crippen LogP contribution >= 0.6 is 27.5 Å². The van der Waals surface area contributed by atoms with Crippen molar-refractivity contribution in [1.82, 2.24) is 9.62 Å². The Morgan fingerprint density at radius 1 is 1.35 bits per heavy atom. The van der Waals surface area contributed by atoms with E-state index < -0.39 is 10.0 Å². The molecule has 3 rings (SSSR count). The third kappa shape index (κ3) is 2.64. The standard InChI is InChI=1S/C13H16BrClN2O2S/c14-10-3-4-13(11(15)6-10)20(18,19)17-7-9-2-1-5-16-12(9)8-17/h3-4,6,9,12,16H,1-2,5,7-8H2/t9-,12+/m0/s1. The van der Waals surface area contributed by atoms with Crippen LogP contribution in [-0.4, -0.2) is 38.4 Å². The second-order valence-corrected chi connectivity index (χ2v) is 8.59. The largest absolute Gasteiger partial charge is 0.312 e. The van der Waals surface area contributed by atoms with Crippen molar-refractivity contribution in [3.05, 3.63) is 27.7 Å². The number of rotatable bonds is 2. The average Bonchev–Trinajstić information content (AvgIpc) is 2.82. The Hall–Kier alpha value is -0.140. The van der Waals surface area contributed by atoms with Gasteiger partial charge in [0, 0.05) is 23.6 Å². The second-order valence-electron chi connectivity index (χ2n) is 5.36. The van der Waals surface area contributed by atoms with E-state index in [-0.39, 0.29) is 16.0 Å². The Balaban J connectivity index is 1.89. The lowest BCUT2D eigenvalue weighted by Gasteiger charge is -2.24. The first-order chi connectivity index (χ1) is 9.48. The Morgan fingerprint density at radius 2 is 2.15 bits per heavy atom. The normalized spacial score (nSPS) is 27.5. The highest BCUT2D eigenvalue weighted by Crippen LogP contribution is 2.32. The monoisotopic (exact) mass is 378 g/mol. The number of halogens is 2. The van der Waals surface area contributed by atoms with E-state index in [1.54, 1.807) is 22.5 Å². The zero-order valence-corrected chi connectivity index (χ0v) is 14.0. The lowest BCUT2D eigenvalue weighted by atomic mass is 9.94. The molecule has 7 heteroatoms. The molecule has 0 spiro atoms. The maximum atomic E-state index is 12.7. The summed E-state index contributed by atoms with van der Waals surface area (Å²) in [5.74, 6) is 0.424. The zero-order chi connectivity index (χ0) is 14.3. The fraction of sp³-hybridized carbons (Fsp3) is 0.538. The van der Waals surface area contributed by atoms with Crippen molar-refractivity contribution in [2.45, 2.75) is 23.8 Å². The van der Waals surface area contributed by atoms with E-state index >= 15 is 0 Å². The van der Waals surface area contributed by atoms with Gasteiger partial charge in [-0.1, -0.05) is 27.5 Å². The predicted molar refractivity (Wildman–Crippen MR) is 82.4 cm³/mol. The minimum Gasteiger partial charge on any atom is -0.312 e. The van der Waals surface area contributed by atoms with Crippen LogP contribution in [0.2, 0.25) is 5.02 Å². The smallest absolute Gasteiger partial charge is 0.244 e. The van der Waals surface area contributed by atoms with Crippen LogP contribution in [0, 0.1) is 5.92 Å². The highest BCUT2D eigenvalue weighted by molar-refractivity contribution is 9.10. The molecule has 0 saturated carbocycles. The first-order valence-corrected chi connectivity index (χ1v) is 9.28. The summed E-state index contributed by atoms with van der Waals surface area (Å²) in [6.45, 7) is 2.11. The molecule has 110 valence electrons. The van der Waals surface area contributed by atoms with Crippen molar-refractivity contribution in [2.75, 3.05) is 19.6 Å². The number of nitrogens with zero attached hydrogens (tertiary/aromatic N) is 1. The molecule has 0 amide bonds. The molecule has 2 aliphatic heterocycles. The molecule has 2 aliphatic rings. The maximum Gasteiger partial charge on any atom is 0.244 e. The van der Waals surface area contributed by atoms with Crippen molar-refractivity contribution in [3.8, 4) is 0 Å². The molecule has 0 aromatic heterocycles. The van der Waals surface area contributed by atoms with Crippen molar-refractivity contribution in [2.24, 2.45) is 5.92 Å². The molecule has 1 aromatic rings. The van der Waals surface area contributed by atoms with E-state index in [4.69, 9.17) is 11.6 Å². The average molecular weight is 380 g/mol. The first-order valence-electron chi connectivity index (χ1n) is 6.67. The number of fused-ring (bicyclic) bond motifs is 1. The summed E-state index contributed by atoms with van der Waals surface area (Å²) >= 11 is 9.39. The quantitative estimate of drug-likeness (QED) is 0.859. The number of benzene rings is 1. The first kappa shape index (κ1) is 14.8. The van der Waals surface area contributed by atoms with Crippen LogP contribution in [0.15, 0.2) is 27.6 Å². The molecule has 2 heterocycles. The molecule has 0 aliphatic carbocycles. The van der Waals surface area contributed by atoms with Crippen LogP contribution in [-0.2, 0) is 10.0 Å². The van der Waals surface area contributed by atoms with Gasteiger partial charge in [0.25, 0.3) is 0 Å². The predicted octanol–water partition coefficient (Wildman–Crippen LogP) is 2.48. The van der Waals surface area contributed by atoms with Gasteiger partial charge in [-0.15, -0.1) is 0 Å². The molecular formula is C13H16BrClN2O2S. The summed E-state index contributed by atoms with van der Waals surface area (Å²) in [4.78, 5) is 0.195. The summed E-state index contributed by atoms with van der Waals surface area (Å²) in [6.07, 6.45) is 2.21. The van der Waals surface area contributed by atoms with Gasteiger partial charge >= 0.3 is 0 Å². The third-order valence-corrected chi connectivity index (χ3v) is 6.89. The van der Waals surface area contributed by atoms with Crippen LogP contribution in [0.1, 0.15) is 12.8 Å². The summed E-state index contributed by atoms with van der Waals surface area (Å²) in [5, 5.41) is 3.68. The lowest BCUT2D eigenvalue weighted by Crippen LogP contribution is -2.41. The zero-order valence-electron chi connectivity index (χ0n) is 10.9. The van der Waals surface area contributed by atoms with Gasteiger partial charge in [0.15, 0.2) is 0 Å². The molecule has 1 N–H and O–H groups in total. The van der Waals surface area contributed by atoms with Crippen molar-refractivity contribution in [3.63, 3.8) is 0 Å². The minimum atomic E-state index is -3.50. The molecule has 0 bridgehead atoms.